The van der Waals surface area contributed by atoms with E-state index in [4.69, 9.17) is 17.0 Å². The highest BCUT2D eigenvalue weighted by Crippen LogP contribution is 2.18. The number of aromatic nitrogens is 4. The van der Waals surface area contributed by atoms with Gasteiger partial charge in [-0.1, -0.05) is 30.4 Å². The topological polar surface area (TPSA) is 79.0 Å². The molecule has 9 heteroatoms. The van der Waals surface area contributed by atoms with E-state index in [1.165, 1.54) is 0 Å². The SMILES string of the molecule is CN(C)C(=S)[C@@H]1C[C@@H](OCc2cccc(-c3nn[nH]n3)c2)CN1.Cl. The Morgan fingerprint density at radius 1 is 1.42 bits per heavy atom. The van der Waals surface area contributed by atoms with E-state index in [0.717, 1.165) is 29.1 Å². The fraction of sp³-hybridized carbons (Fsp3) is 0.467. The van der Waals surface area contributed by atoms with E-state index in [-0.39, 0.29) is 24.6 Å². The van der Waals surface area contributed by atoms with Crippen LogP contribution in [0.2, 0.25) is 0 Å². The van der Waals surface area contributed by atoms with Gasteiger partial charge in [-0.3, -0.25) is 0 Å². The number of hydrogen-bond acceptors (Lipinski definition) is 6. The molecule has 2 N–H and O–H groups in total. The van der Waals surface area contributed by atoms with Gasteiger partial charge in [-0.15, -0.1) is 22.6 Å². The van der Waals surface area contributed by atoms with Crippen LogP contribution in [0.4, 0.5) is 0 Å². The monoisotopic (exact) mass is 368 g/mol. The van der Waals surface area contributed by atoms with Gasteiger partial charge in [-0.05, 0) is 23.3 Å². The Hall–Kier alpha value is -1.61. The molecule has 0 bridgehead atoms. The number of rotatable bonds is 5. The molecule has 1 aromatic heterocycles. The fourth-order valence-corrected chi connectivity index (χ4v) is 2.81. The lowest BCUT2D eigenvalue weighted by atomic mass is 10.1. The van der Waals surface area contributed by atoms with Crippen LogP contribution in [-0.2, 0) is 11.3 Å². The summed E-state index contributed by atoms with van der Waals surface area (Å²) in [7, 11) is 3.95. The number of likely N-dealkylation sites (N-methyl/N-ethyl adjacent to an activating group) is 1. The Kier molecular flexibility index (Phi) is 6.61. The Balaban J connectivity index is 0.00000208. The summed E-state index contributed by atoms with van der Waals surface area (Å²) in [5.41, 5.74) is 2.02. The number of H-pyrrole nitrogens is 1. The molecule has 7 nitrogen and oxygen atoms in total. The van der Waals surface area contributed by atoms with Crippen LogP contribution in [0.25, 0.3) is 11.4 Å². The molecule has 2 heterocycles. The average Bonchev–Trinajstić information content (AvgIpc) is 3.24. The van der Waals surface area contributed by atoms with Crippen molar-refractivity contribution in [3.8, 4) is 11.4 Å². The molecule has 0 unspecified atom stereocenters. The summed E-state index contributed by atoms with van der Waals surface area (Å²) in [5, 5.41) is 17.5. The normalized spacial score (nSPS) is 19.8. The molecule has 130 valence electrons. The van der Waals surface area contributed by atoms with Gasteiger partial charge in [0.1, 0.15) is 0 Å². The van der Waals surface area contributed by atoms with Crippen molar-refractivity contribution in [3.05, 3.63) is 29.8 Å². The van der Waals surface area contributed by atoms with E-state index in [1.807, 2.05) is 43.3 Å². The van der Waals surface area contributed by atoms with E-state index in [1.54, 1.807) is 0 Å². The quantitative estimate of drug-likeness (QED) is 0.773. The smallest absolute Gasteiger partial charge is 0.204 e. The zero-order chi connectivity index (χ0) is 16.2. The average molecular weight is 369 g/mol. The molecular formula is C15H21ClN6OS. The molecule has 1 saturated heterocycles. The van der Waals surface area contributed by atoms with Crippen molar-refractivity contribution in [3.63, 3.8) is 0 Å². The fourth-order valence-electron chi connectivity index (χ4n) is 2.63. The highest BCUT2D eigenvalue weighted by Gasteiger charge is 2.28. The Bertz CT molecular complexity index is 666. The highest BCUT2D eigenvalue weighted by molar-refractivity contribution is 7.80. The van der Waals surface area contributed by atoms with E-state index >= 15 is 0 Å². The zero-order valence-electron chi connectivity index (χ0n) is 13.6. The lowest BCUT2D eigenvalue weighted by molar-refractivity contribution is 0.0534. The van der Waals surface area contributed by atoms with Crippen LogP contribution >= 0.6 is 24.6 Å². The van der Waals surface area contributed by atoms with Gasteiger partial charge in [-0.2, -0.15) is 5.21 Å². The number of benzene rings is 1. The molecule has 0 aliphatic carbocycles. The zero-order valence-corrected chi connectivity index (χ0v) is 15.2. The third-order valence-corrected chi connectivity index (χ3v) is 4.50. The van der Waals surface area contributed by atoms with Crippen LogP contribution in [0.3, 0.4) is 0 Å². The van der Waals surface area contributed by atoms with Crippen molar-refractivity contribution in [2.45, 2.75) is 25.2 Å². The molecule has 0 saturated carbocycles. The first-order chi connectivity index (χ1) is 11.1. The minimum atomic E-state index is 0. The van der Waals surface area contributed by atoms with Crippen molar-refractivity contribution in [1.29, 1.82) is 0 Å². The van der Waals surface area contributed by atoms with Crippen LogP contribution in [0, 0.1) is 0 Å². The molecule has 2 atom stereocenters. The van der Waals surface area contributed by atoms with Gasteiger partial charge < -0.3 is 15.0 Å². The van der Waals surface area contributed by atoms with E-state index in [0.29, 0.717) is 12.4 Å². The first-order valence-electron chi connectivity index (χ1n) is 7.52. The molecule has 1 aliphatic rings. The summed E-state index contributed by atoms with van der Waals surface area (Å²) in [6.07, 6.45) is 1.08. The van der Waals surface area contributed by atoms with Crippen molar-refractivity contribution in [2.24, 2.45) is 0 Å². The minimum Gasteiger partial charge on any atom is -0.372 e. The molecule has 0 spiro atoms. The highest BCUT2D eigenvalue weighted by atomic mass is 35.5. The second kappa shape index (κ2) is 8.48. The predicted octanol–water partition coefficient (Wildman–Crippen LogP) is 1.42. The number of hydrogen-bond donors (Lipinski definition) is 2. The molecule has 2 aromatic rings. The van der Waals surface area contributed by atoms with Crippen LogP contribution < -0.4 is 5.32 Å². The van der Waals surface area contributed by atoms with Crippen LogP contribution in [0.1, 0.15) is 12.0 Å². The maximum atomic E-state index is 6.02. The summed E-state index contributed by atoms with van der Waals surface area (Å²) in [6, 6.07) is 8.21. The molecule has 0 amide bonds. The number of ether oxygens (including phenoxy) is 1. The first kappa shape index (κ1) is 18.7. The van der Waals surface area contributed by atoms with Gasteiger partial charge in [-0.25, -0.2) is 0 Å². The number of thiocarbonyl (C=S) groups is 1. The summed E-state index contributed by atoms with van der Waals surface area (Å²) < 4.78 is 6.02. The second-order valence-electron chi connectivity index (χ2n) is 5.80. The van der Waals surface area contributed by atoms with Crippen LogP contribution in [0.15, 0.2) is 24.3 Å². The van der Waals surface area contributed by atoms with E-state index < -0.39 is 0 Å². The molecular weight excluding hydrogens is 348 g/mol. The van der Waals surface area contributed by atoms with Crippen LogP contribution in [0.5, 0.6) is 0 Å². The summed E-state index contributed by atoms with van der Waals surface area (Å²) in [4.78, 5) is 2.90. The van der Waals surface area contributed by atoms with E-state index in [9.17, 15) is 0 Å². The van der Waals surface area contributed by atoms with Gasteiger partial charge in [0.15, 0.2) is 0 Å². The Morgan fingerprint density at radius 2 is 2.25 bits per heavy atom. The Labute approximate surface area is 152 Å². The number of nitrogens with one attached hydrogen (secondary N) is 2. The summed E-state index contributed by atoms with van der Waals surface area (Å²) in [5.74, 6) is 0.589. The lowest BCUT2D eigenvalue weighted by Crippen LogP contribution is -2.38. The molecule has 1 fully saturated rings. The van der Waals surface area contributed by atoms with Crippen molar-refractivity contribution >= 4 is 29.6 Å². The molecule has 1 aromatic carbocycles. The van der Waals surface area contributed by atoms with E-state index in [2.05, 4.69) is 25.9 Å². The van der Waals surface area contributed by atoms with Gasteiger partial charge in [0.05, 0.1) is 23.7 Å². The van der Waals surface area contributed by atoms with Crippen molar-refractivity contribution < 1.29 is 4.74 Å². The first-order valence-corrected chi connectivity index (χ1v) is 7.93. The number of halogens is 1. The Morgan fingerprint density at radius 3 is 2.96 bits per heavy atom. The summed E-state index contributed by atoms with van der Waals surface area (Å²) >= 11 is 5.42. The van der Waals surface area contributed by atoms with Gasteiger partial charge in [0, 0.05) is 26.2 Å². The van der Waals surface area contributed by atoms with Crippen molar-refractivity contribution in [1.82, 2.24) is 30.8 Å². The number of aromatic amines is 1. The van der Waals surface area contributed by atoms with Crippen LogP contribution in [-0.4, -0.2) is 63.3 Å². The van der Waals surface area contributed by atoms with Gasteiger partial charge in [0.2, 0.25) is 5.82 Å². The molecule has 1 aliphatic heterocycles. The minimum absolute atomic E-state index is 0. The molecule has 3 rings (SSSR count). The summed E-state index contributed by atoms with van der Waals surface area (Å²) in [6.45, 7) is 1.38. The lowest BCUT2D eigenvalue weighted by Gasteiger charge is -2.19. The maximum absolute atomic E-state index is 6.02. The predicted molar refractivity (Wildman–Crippen MR) is 98.1 cm³/mol. The van der Waals surface area contributed by atoms with Crippen molar-refractivity contribution in [2.75, 3.05) is 20.6 Å². The maximum Gasteiger partial charge on any atom is 0.204 e. The third-order valence-electron chi connectivity index (χ3n) is 3.85. The molecule has 24 heavy (non-hydrogen) atoms. The van der Waals surface area contributed by atoms with Gasteiger partial charge >= 0.3 is 0 Å². The molecule has 0 radical (unpaired) electrons. The number of nitrogens with zero attached hydrogens (tertiary/aromatic N) is 4. The number of tetrazole rings is 1. The standard InChI is InChI=1S/C15H20N6OS.ClH/c1-21(2)15(23)13-7-12(8-16-13)22-9-10-4-3-5-11(6-10)14-17-19-20-18-14;/h3-6,12-13,16H,7-9H2,1-2H3,(H,17,18,19,20);1H/t12-,13+;/m1./s1. The largest absolute Gasteiger partial charge is 0.372 e. The van der Waals surface area contributed by atoms with Gasteiger partial charge in [0.25, 0.3) is 0 Å². The third kappa shape index (κ3) is 4.47. The second-order valence-corrected chi connectivity index (χ2v) is 6.22.